The first kappa shape index (κ1) is 10.2. The Kier molecular flexibility index (Phi) is 3.86. The summed E-state index contributed by atoms with van der Waals surface area (Å²) in [5.74, 6) is 0. The van der Waals surface area contributed by atoms with Gasteiger partial charge in [-0.3, -0.25) is 0 Å². The molecule has 1 rings (SSSR count). The molecule has 1 unspecified atom stereocenters. The minimum atomic E-state index is -1.85. The van der Waals surface area contributed by atoms with Crippen LogP contribution in [0.4, 0.5) is 0 Å². The second kappa shape index (κ2) is 4.94. The summed E-state index contributed by atoms with van der Waals surface area (Å²) in [6, 6.07) is 7.89. The van der Waals surface area contributed by atoms with E-state index >= 15 is 0 Å². The number of hydrogen-bond donors (Lipinski definition) is 1. The molecule has 0 bridgehead atoms. The van der Waals surface area contributed by atoms with Crippen LogP contribution in [0.2, 0.25) is 0 Å². The van der Waals surface area contributed by atoms with Crippen molar-refractivity contribution in [1.29, 1.82) is 0 Å². The van der Waals surface area contributed by atoms with E-state index in [4.69, 9.17) is 4.55 Å². The zero-order valence-corrected chi connectivity index (χ0v) is 8.25. The monoisotopic (exact) mass is 196 g/mol. The Bertz CT molecular complexity index is 314. The lowest BCUT2D eigenvalue weighted by atomic mass is 10.1. The van der Waals surface area contributed by atoms with Gasteiger partial charge in [-0.15, -0.1) is 0 Å². The summed E-state index contributed by atoms with van der Waals surface area (Å²) >= 11 is -1.85. The molecule has 0 saturated heterocycles. The fraction of sp³-hybridized carbons (Fsp3) is 0.200. The van der Waals surface area contributed by atoms with Gasteiger partial charge in [-0.05, 0) is 23.6 Å². The standard InChI is InChI=1S/C10H12O2S/c1-2-9-3-5-10(6-4-9)7-8-13(11)12/h3-8H,2H2,1H3,(H,11,12)/b8-7+. The van der Waals surface area contributed by atoms with E-state index in [1.54, 1.807) is 6.08 Å². The van der Waals surface area contributed by atoms with Crippen LogP contribution in [0.5, 0.6) is 0 Å². The summed E-state index contributed by atoms with van der Waals surface area (Å²) in [7, 11) is 0. The van der Waals surface area contributed by atoms with E-state index in [-0.39, 0.29) is 0 Å². The van der Waals surface area contributed by atoms with Crippen LogP contribution in [0, 0.1) is 0 Å². The lowest BCUT2D eigenvalue weighted by Gasteiger charge is -1.96. The van der Waals surface area contributed by atoms with E-state index < -0.39 is 11.1 Å². The van der Waals surface area contributed by atoms with Crippen molar-refractivity contribution >= 4 is 17.2 Å². The molecule has 0 radical (unpaired) electrons. The second-order valence-corrected chi connectivity index (χ2v) is 3.50. The Labute approximate surface area is 80.6 Å². The summed E-state index contributed by atoms with van der Waals surface area (Å²) < 4.78 is 18.8. The third-order valence-corrected chi connectivity index (χ3v) is 2.13. The molecular weight excluding hydrogens is 184 g/mol. The summed E-state index contributed by atoms with van der Waals surface area (Å²) in [5, 5.41) is 1.25. The Hall–Kier alpha value is -0.930. The smallest absolute Gasteiger partial charge is 0.178 e. The van der Waals surface area contributed by atoms with E-state index in [2.05, 4.69) is 6.92 Å². The van der Waals surface area contributed by atoms with Gasteiger partial charge in [0.2, 0.25) is 0 Å². The molecule has 0 aliphatic carbocycles. The van der Waals surface area contributed by atoms with Crippen molar-refractivity contribution in [3.8, 4) is 0 Å². The third kappa shape index (κ3) is 3.53. The van der Waals surface area contributed by atoms with Crippen molar-refractivity contribution in [2.24, 2.45) is 0 Å². The van der Waals surface area contributed by atoms with Gasteiger partial charge in [0.15, 0.2) is 11.1 Å². The van der Waals surface area contributed by atoms with Crippen LogP contribution in [0.15, 0.2) is 29.7 Å². The van der Waals surface area contributed by atoms with Crippen molar-refractivity contribution in [3.05, 3.63) is 40.8 Å². The Morgan fingerprint density at radius 2 is 2.00 bits per heavy atom. The minimum Gasteiger partial charge on any atom is -0.303 e. The summed E-state index contributed by atoms with van der Waals surface area (Å²) in [5.41, 5.74) is 2.21. The number of aryl methyl sites for hydroxylation is 1. The average molecular weight is 196 g/mol. The lowest BCUT2D eigenvalue weighted by Crippen LogP contribution is -1.80. The molecule has 0 fully saturated rings. The zero-order valence-electron chi connectivity index (χ0n) is 7.43. The normalized spacial score (nSPS) is 13.4. The number of rotatable bonds is 3. The molecule has 3 heteroatoms. The van der Waals surface area contributed by atoms with Gasteiger partial charge >= 0.3 is 0 Å². The van der Waals surface area contributed by atoms with Gasteiger partial charge in [0.05, 0.1) is 0 Å². The SMILES string of the molecule is CCc1ccc(/C=C/S(=O)O)cc1. The van der Waals surface area contributed by atoms with Crippen LogP contribution in [0.25, 0.3) is 6.08 Å². The van der Waals surface area contributed by atoms with Crippen molar-refractivity contribution in [3.63, 3.8) is 0 Å². The zero-order chi connectivity index (χ0) is 9.68. The van der Waals surface area contributed by atoms with Gasteiger partial charge in [-0.25, -0.2) is 4.21 Å². The summed E-state index contributed by atoms with van der Waals surface area (Å²) in [6.45, 7) is 2.09. The molecule has 13 heavy (non-hydrogen) atoms. The first-order valence-corrected chi connectivity index (χ1v) is 5.26. The molecule has 2 nitrogen and oxygen atoms in total. The highest BCUT2D eigenvalue weighted by Crippen LogP contribution is 2.06. The van der Waals surface area contributed by atoms with Crippen molar-refractivity contribution in [1.82, 2.24) is 0 Å². The quantitative estimate of drug-likeness (QED) is 0.754. The van der Waals surface area contributed by atoms with Gasteiger partial charge in [-0.2, -0.15) is 0 Å². The van der Waals surface area contributed by atoms with Crippen LogP contribution in [0.3, 0.4) is 0 Å². The fourth-order valence-electron chi connectivity index (χ4n) is 1.00. The largest absolute Gasteiger partial charge is 0.303 e. The highest BCUT2D eigenvalue weighted by molar-refractivity contribution is 7.82. The van der Waals surface area contributed by atoms with Gasteiger partial charge in [0.1, 0.15) is 0 Å². The molecule has 1 N–H and O–H groups in total. The van der Waals surface area contributed by atoms with E-state index in [1.807, 2.05) is 24.3 Å². The number of benzene rings is 1. The first-order valence-electron chi connectivity index (χ1n) is 4.09. The maximum Gasteiger partial charge on any atom is 0.178 e. The predicted molar refractivity (Wildman–Crippen MR) is 55.6 cm³/mol. The van der Waals surface area contributed by atoms with E-state index in [0.717, 1.165) is 12.0 Å². The van der Waals surface area contributed by atoms with Crippen molar-refractivity contribution < 1.29 is 8.76 Å². The van der Waals surface area contributed by atoms with Crippen LogP contribution in [-0.2, 0) is 17.5 Å². The molecule has 0 aromatic heterocycles. The van der Waals surface area contributed by atoms with E-state index in [1.165, 1.54) is 11.0 Å². The minimum absolute atomic E-state index is 0.944. The van der Waals surface area contributed by atoms with E-state index in [0.29, 0.717) is 0 Å². The molecule has 0 aliphatic heterocycles. The lowest BCUT2D eigenvalue weighted by molar-refractivity contribution is 0.574. The summed E-state index contributed by atoms with van der Waals surface area (Å²) in [6.07, 6.45) is 2.64. The van der Waals surface area contributed by atoms with Gasteiger partial charge in [-0.1, -0.05) is 31.2 Å². The van der Waals surface area contributed by atoms with Crippen molar-refractivity contribution in [2.45, 2.75) is 13.3 Å². The Morgan fingerprint density at radius 3 is 2.46 bits per heavy atom. The highest BCUT2D eigenvalue weighted by atomic mass is 32.2. The van der Waals surface area contributed by atoms with Gasteiger partial charge in [0.25, 0.3) is 0 Å². The highest BCUT2D eigenvalue weighted by Gasteiger charge is 1.89. The van der Waals surface area contributed by atoms with Crippen LogP contribution in [-0.4, -0.2) is 8.76 Å². The Balaban J connectivity index is 2.75. The molecule has 0 saturated carbocycles. The molecular formula is C10H12O2S. The molecule has 0 aliphatic rings. The average Bonchev–Trinajstić information content (AvgIpc) is 2.15. The predicted octanol–water partition coefficient (Wildman–Crippen LogP) is 2.44. The molecule has 70 valence electrons. The topological polar surface area (TPSA) is 37.3 Å². The maximum atomic E-state index is 10.3. The third-order valence-electron chi connectivity index (χ3n) is 1.76. The Morgan fingerprint density at radius 1 is 1.38 bits per heavy atom. The van der Waals surface area contributed by atoms with Crippen LogP contribution in [0.1, 0.15) is 18.1 Å². The number of hydrogen-bond acceptors (Lipinski definition) is 1. The molecule has 1 aromatic rings. The summed E-state index contributed by atoms with van der Waals surface area (Å²) in [4.78, 5) is 0. The maximum absolute atomic E-state index is 10.3. The first-order chi connectivity index (χ1) is 6.22. The van der Waals surface area contributed by atoms with Gasteiger partial charge in [0, 0.05) is 5.41 Å². The molecule has 1 aromatic carbocycles. The molecule has 1 atom stereocenters. The fourth-order valence-corrected chi connectivity index (χ4v) is 1.27. The van der Waals surface area contributed by atoms with Gasteiger partial charge < -0.3 is 4.55 Å². The van der Waals surface area contributed by atoms with E-state index in [9.17, 15) is 4.21 Å². The molecule has 0 heterocycles. The molecule has 0 amide bonds. The second-order valence-electron chi connectivity index (χ2n) is 2.67. The van der Waals surface area contributed by atoms with Crippen LogP contribution >= 0.6 is 0 Å². The molecule has 0 spiro atoms. The van der Waals surface area contributed by atoms with Crippen LogP contribution < -0.4 is 0 Å². The van der Waals surface area contributed by atoms with Crippen molar-refractivity contribution in [2.75, 3.05) is 0 Å².